The number of rotatable bonds is 2. The smallest absolute Gasteiger partial charge is 0.133 e. The van der Waals surface area contributed by atoms with Crippen molar-refractivity contribution in [2.45, 2.75) is 5.33 Å². The van der Waals surface area contributed by atoms with Crippen LogP contribution in [0.15, 0.2) is 12.1 Å². The normalized spacial score (nSPS) is 9.38. The highest BCUT2D eigenvalue weighted by molar-refractivity contribution is 14.1. The Morgan fingerprint density at radius 2 is 2.31 bits per heavy atom. The Bertz CT molecular complexity index is 334. The second-order valence-corrected chi connectivity index (χ2v) is 4.04. The average molecular weight is 352 g/mol. The van der Waals surface area contributed by atoms with E-state index in [1.165, 1.54) is 0 Å². The molecule has 68 valence electrons. The third-order valence-corrected chi connectivity index (χ3v) is 3.44. The lowest BCUT2D eigenvalue weighted by atomic mass is 10.1. The van der Waals surface area contributed by atoms with Crippen molar-refractivity contribution < 1.29 is 4.74 Å². The standard InChI is InChI=1S/C9H7BrINO/c1-13-8-3-6(5-12)2-7(4-10)9(8)11/h2-3H,4H2,1H3. The summed E-state index contributed by atoms with van der Waals surface area (Å²) in [5.74, 6) is 0.758. The Hall–Kier alpha value is -0.280. The van der Waals surface area contributed by atoms with Crippen molar-refractivity contribution in [3.63, 3.8) is 0 Å². The van der Waals surface area contributed by atoms with Crippen molar-refractivity contribution in [1.29, 1.82) is 5.26 Å². The van der Waals surface area contributed by atoms with Gasteiger partial charge in [0.15, 0.2) is 0 Å². The van der Waals surface area contributed by atoms with Gasteiger partial charge in [-0.15, -0.1) is 0 Å². The summed E-state index contributed by atoms with van der Waals surface area (Å²) in [6.45, 7) is 0. The fraction of sp³-hybridized carbons (Fsp3) is 0.222. The zero-order valence-corrected chi connectivity index (χ0v) is 10.7. The molecule has 0 bridgehead atoms. The van der Waals surface area contributed by atoms with E-state index < -0.39 is 0 Å². The maximum Gasteiger partial charge on any atom is 0.133 e. The van der Waals surface area contributed by atoms with E-state index in [0.29, 0.717) is 5.56 Å². The zero-order chi connectivity index (χ0) is 9.84. The molecule has 1 aromatic carbocycles. The van der Waals surface area contributed by atoms with Gasteiger partial charge in [-0.25, -0.2) is 0 Å². The van der Waals surface area contributed by atoms with Crippen LogP contribution in [0.3, 0.4) is 0 Å². The van der Waals surface area contributed by atoms with E-state index in [2.05, 4.69) is 44.6 Å². The number of nitriles is 1. The predicted molar refractivity (Wildman–Crippen MR) is 63.1 cm³/mol. The molecule has 0 saturated heterocycles. The van der Waals surface area contributed by atoms with E-state index in [1.807, 2.05) is 6.07 Å². The lowest BCUT2D eigenvalue weighted by molar-refractivity contribution is 0.411. The molecule has 2 nitrogen and oxygen atoms in total. The van der Waals surface area contributed by atoms with Gasteiger partial charge in [-0.2, -0.15) is 5.26 Å². The molecule has 0 heterocycles. The highest BCUT2D eigenvalue weighted by Gasteiger charge is 2.07. The van der Waals surface area contributed by atoms with Crippen LogP contribution in [0.25, 0.3) is 0 Å². The van der Waals surface area contributed by atoms with Crippen LogP contribution in [0.5, 0.6) is 5.75 Å². The second kappa shape index (κ2) is 4.82. The molecule has 0 unspecified atom stereocenters. The van der Waals surface area contributed by atoms with Crippen LogP contribution in [0.2, 0.25) is 0 Å². The van der Waals surface area contributed by atoms with Crippen LogP contribution >= 0.6 is 38.5 Å². The van der Waals surface area contributed by atoms with Crippen molar-refractivity contribution >= 4 is 38.5 Å². The Balaban J connectivity index is 3.30. The Morgan fingerprint density at radius 1 is 1.62 bits per heavy atom. The number of alkyl halides is 1. The van der Waals surface area contributed by atoms with Gasteiger partial charge in [-0.05, 0) is 40.3 Å². The fourth-order valence-corrected chi connectivity index (χ4v) is 2.65. The van der Waals surface area contributed by atoms with Crippen LogP contribution in [-0.2, 0) is 5.33 Å². The van der Waals surface area contributed by atoms with Crippen LogP contribution in [0, 0.1) is 14.9 Å². The van der Waals surface area contributed by atoms with E-state index in [0.717, 1.165) is 20.2 Å². The van der Waals surface area contributed by atoms with Gasteiger partial charge in [-0.1, -0.05) is 15.9 Å². The second-order valence-electron chi connectivity index (χ2n) is 2.40. The summed E-state index contributed by atoms with van der Waals surface area (Å²) < 4.78 is 6.20. The summed E-state index contributed by atoms with van der Waals surface area (Å²) in [5, 5.41) is 9.48. The van der Waals surface area contributed by atoms with E-state index in [4.69, 9.17) is 10.00 Å². The lowest BCUT2D eigenvalue weighted by Crippen LogP contribution is -1.93. The molecule has 0 atom stereocenters. The van der Waals surface area contributed by atoms with Crippen molar-refractivity contribution in [3.05, 3.63) is 26.8 Å². The highest BCUT2D eigenvalue weighted by Crippen LogP contribution is 2.27. The minimum Gasteiger partial charge on any atom is -0.496 e. The fourth-order valence-electron chi connectivity index (χ4n) is 0.966. The van der Waals surface area contributed by atoms with Gasteiger partial charge in [0, 0.05) is 5.33 Å². The summed E-state index contributed by atoms with van der Waals surface area (Å²) in [6.07, 6.45) is 0. The number of hydrogen-bond acceptors (Lipinski definition) is 2. The number of nitrogens with zero attached hydrogens (tertiary/aromatic N) is 1. The summed E-state index contributed by atoms with van der Waals surface area (Å²) in [7, 11) is 1.61. The molecule has 0 amide bonds. The number of methoxy groups -OCH3 is 1. The summed E-state index contributed by atoms with van der Waals surface area (Å²) >= 11 is 5.57. The number of hydrogen-bond donors (Lipinski definition) is 0. The molecule has 0 saturated carbocycles. The van der Waals surface area contributed by atoms with Gasteiger partial charge in [0.2, 0.25) is 0 Å². The van der Waals surface area contributed by atoms with Crippen LogP contribution in [0.1, 0.15) is 11.1 Å². The molecule has 13 heavy (non-hydrogen) atoms. The molecule has 0 aliphatic carbocycles. The monoisotopic (exact) mass is 351 g/mol. The van der Waals surface area contributed by atoms with Crippen molar-refractivity contribution in [2.24, 2.45) is 0 Å². The third-order valence-electron chi connectivity index (χ3n) is 1.61. The predicted octanol–water partition coefficient (Wildman–Crippen LogP) is 3.07. The lowest BCUT2D eigenvalue weighted by Gasteiger charge is -2.07. The maximum absolute atomic E-state index is 8.75. The molecule has 0 spiro atoms. The first-order chi connectivity index (χ1) is 6.22. The SMILES string of the molecule is COc1cc(C#N)cc(CBr)c1I. The number of ether oxygens (including phenoxy) is 1. The third kappa shape index (κ3) is 2.35. The largest absolute Gasteiger partial charge is 0.496 e. The zero-order valence-electron chi connectivity index (χ0n) is 6.97. The molecule has 4 heteroatoms. The minimum absolute atomic E-state index is 0.631. The van der Waals surface area contributed by atoms with E-state index in [-0.39, 0.29) is 0 Å². The molecule has 0 aliphatic heterocycles. The van der Waals surface area contributed by atoms with Crippen LogP contribution < -0.4 is 4.74 Å². The quantitative estimate of drug-likeness (QED) is 0.606. The average Bonchev–Trinajstić information content (AvgIpc) is 2.18. The first-order valence-electron chi connectivity index (χ1n) is 3.55. The summed E-state index contributed by atoms with van der Waals surface area (Å²) in [6, 6.07) is 5.70. The number of benzene rings is 1. The van der Waals surface area contributed by atoms with Crippen molar-refractivity contribution in [1.82, 2.24) is 0 Å². The van der Waals surface area contributed by atoms with Gasteiger partial charge in [0.05, 0.1) is 22.3 Å². The van der Waals surface area contributed by atoms with Gasteiger partial charge in [0.1, 0.15) is 5.75 Å². The molecular weight excluding hydrogens is 345 g/mol. The number of halogens is 2. The molecule has 0 radical (unpaired) electrons. The first-order valence-corrected chi connectivity index (χ1v) is 5.75. The van der Waals surface area contributed by atoms with Crippen LogP contribution in [0.4, 0.5) is 0 Å². The van der Waals surface area contributed by atoms with Crippen LogP contribution in [-0.4, -0.2) is 7.11 Å². The van der Waals surface area contributed by atoms with Gasteiger partial charge in [0.25, 0.3) is 0 Å². The van der Waals surface area contributed by atoms with Gasteiger partial charge < -0.3 is 4.74 Å². The van der Waals surface area contributed by atoms with Gasteiger partial charge >= 0.3 is 0 Å². The molecule has 0 fully saturated rings. The topological polar surface area (TPSA) is 33.0 Å². The molecule has 1 aromatic rings. The molecule has 0 aliphatic rings. The highest BCUT2D eigenvalue weighted by atomic mass is 127. The molecule has 0 aromatic heterocycles. The minimum atomic E-state index is 0.631. The van der Waals surface area contributed by atoms with Crippen molar-refractivity contribution in [3.8, 4) is 11.8 Å². The Morgan fingerprint density at radius 3 is 2.77 bits per heavy atom. The van der Waals surface area contributed by atoms with E-state index >= 15 is 0 Å². The first kappa shape index (κ1) is 10.8. The molecule has 1 rings (SSSR count). The van der Waals surface area contributed by atoms with Crippen molar-refractivity contribution in [2.75, 3.05) is 7.11 Å². The van der Waals surface area contributed by atoms with E-state index in [1.54, 1.807) is 13.2 Å². The Labute approximate surface area is 99.2 Å². The van der Waals surface area contributed by atoms with Gasteiger partial charge in [-0.3, -0.25) is 0 Å². The summed E-state index contributed by atoms with van der Waals surface area (Å²) in [5.41, 5.74) is 1.71. The maximum atomic E-state index is 8.75. The summed E-state index contributed by atoms with van der Waals surface area (Å²) in [4.78, 5) is 0. The molecule has 0 N–H and O–H groups in total. The Kier molecular flexibility index (Phi) is 4.00. The van der Waals surface area contributed by atoms with E-state index in [9.17, 15) is 0 Å². The molecular formula is C9H7BrINO.